The molecular weight excluding hydrogens is 192 g/mol. The summed E-state index contributed by atoms with van der Waals surface area (Å²) < 4.78 is 20.6. The fraction of sp³-hybridized carbons (Fsp3) is 1.00. The molecular formula is C6H16O4Si2. The van der Waals surface area contributed by atoms with E-state index in [9.17, 15) is 0 Å². The largest absolute Gasteiger partial charge is 0.499 e. The lowest BCUT2D eigenvalue weighted by molar-refractivity contribution is 0.125. The predicted octanol–water partition coefficient (Wildman–Crippen LogP) is 0.548. The fourth-order valence-corrected chi connectivity index (χ4v) is 3.81. The second-order valence-corrected chi connectivity index (χ2v) is 6.43. The van der Waals surface area contributed by atoms with Gasteiger partial charge in [-0.3, -0.25) is 0 Å². The van der Waals surface area contributed by atoms with Gasteiger partial charge in [-0.15, -0.1) is 0 Å². The van der Waals surface area contributed by atoms with Crippen LogP contribution in [0.1, 0.15) is 0 Å². The van der Waals surface area contributed by atoms with E-state index in [1.54, 1.807) is 28.4 Å². The zero-order valence-corrected chi connectivity index (χ0v) is 10.0. The van der Waals surface area contributed by atoms with Crippen LogP contribution in [0.4, 0.5) is 0 Å². The Morgan fingerprint density at radius 2 is 1.50 bits per heavy atom. The molecule has 12 heavy (non-hydrogen) atoms. The molecule has 2 radical (unpaired) electrons. The summed E-state index contributed by atoms with van der Waals surface area (Å²) in [5, 5.41) is 0. The van der Waals surface area contributed by atoms with Crippen LogP contribution in [-0.4, -0.2) is 47.0 Å². The van der Waals surface area contributed by atoms with Crippen molar-refractivity contribution in [3.63, 3.8) is 0 Å². The minimum atomic E-state index is -2.33. The van der Waals surface area contributed by atoms with Crippen LogP contribution in [0, 0.1) is 0 Å². The lowest BCUT2D eigenvalue weighted by Gasteiger charge is -2.23. The van der Waals surface area contributed by atoms with E-state index < -0.39 is 8.80 Å². The molecule has 0 bridgehead atoms. The maximum atomic E-state index is 5.23. The molecule has 0 heterocycles. The third kappa shape index (κ3) is 3.79. The molecule has 0 spiro atoms. The summed E-state index contributed by atoms with van der Waals surface area (Å²) in [4.78, 5) is 0. The van der Waals surface area contributed by atoms with Gasteiger partial charge in [-0.25, -0.2) is 0 Å². The summed E-state index contributed by atoms with van der Waals surface area (Å²) in [6.45, 7) is 0. The van der Waals surface area contributed by atoms with E-state index in [1.165, 1.54) is 0 Å². The minimum Gasteiger partial charge on any atom is -0.421 e. The average molecular weight is 208 g/mol. The van der Waals surface area contributed by atoms with E-state index in [4.69, 9.17) is 17.7 Å². The topological polar surface area (TPSA) is 36.9 Å². The molecule has 0 atom stereocenters. The summed E-state index contributed by atoms with van der Waals surface area (Å²) in [7, 11) is 4.71. The quantitative estimate of drug-likeness (QED) is 0.452. The van der Waals surface area contributed by atoms with Gasteiger partial charge in [-0.2, -0.15) is 0 Å². The van der Waals surface area contributed by atoms with Crippen LogP contribution in [0.5, 0.6) is 0 Å². The molecule has 0 N–H and O–H groups in total. The molecule has 0 aromatic heterocycles. The molecule has 0 aromatic carbocycles. The Morgan fingerprint density at radius 1 is 1.00 bits per heavy atom. The summed E-state index contributed by atoms with van der Waals surface area (Å²) in [5.74, 6) is 0. The molecule has 72 valence electrons. The predicted molar refractivity (Wildman–Crippen MR) is 49.2 cm³/mol. The Bertz CT molecular complexity index is 99.5. The third-order valence-electron chi connectivity index (χ3n) is 1.61. The number of hydrogen-bond donors (Lipinski definition) is 0. The van der Waals surface area contributed by atoms with Crippen LogP contribution in [0.15, 0.2) is 0 Å². The molecule has 0 saturated carbocycles. The number of hydrogen-bond acceptors (Lipinski definition) is 4. The standard InChI is InChI=1S/C6H16O4Si2/c1-7-11-5-6-12(8-2,9-3)10-4/h5-6H2,1-4H3. The SMILES string of the molecule is CO[Si]CC[Si](OC)(OC)OC. The number of rotatable bonds is 7. The Kier molecular flexibility index (Phi) is 6.91. The molecule has 0 rings (SSSR count). The zero-order chi connectivity index (χ0) is 9.45. The van der Waals surface area contributed by atoms with Crippen molar-refractivity contribution in [3.05, 3.63) is 0 Å². The highest BCUT2D eigenvalue weighted by Crippen LogP contribution is 2.14. The molecule has 0 fully saturated rings. The lowest BCUT2D eigenvalue weighted by Crippen LogP contribution is -2.42. The van der Waals surface area contributed by atoms with Crippen LogP contribution in [-0.2, 0) is 17.7 Å². The molecule has 0 aliphatic rings. The first kappa shape index (κ1) is 12.3. The molecule has 0 unspecified atom stereocenters. The highest BCUT2D eigenvalue weighted by molar-refractivity contribution is 6.61. The smallest absolute Gasteiger partial charge is 0.421 e. The summed E-state index contributed by atoms with van der Waals surface area (Å²) in [5.41, 5.74) is 0. The minimum absolute atomic E-state index is 0.492. The highest BCUT2D eigenvalue weighted by Gasteiger charge is 2.36. The Morgan fingerprint density at radius 3 is 1.83 bits per heavy atom. The molecule has 0 aliphatic heterocycles. The van der Waals surface area contributed by atoms with E-state index in [0.29, 0.717) is 9.76 Å². The van der Waals surface area contributed by atoms with Gasteiger partial charge in [0.2, 0.25) is 9.76 Å². The van der Waals surface area contributed by atoms with Crippen LogP contribution in [0.3, 0.4) is 0 Å². The van der Waals surface area contributed by atoms with Gasteiger partial charge in [0.25, 0.3) is 0 Å². The molecule has 4 nitrogen and oxygen atoms in total. The fourth-order valence-electron chi connectivity index (χ4n) is 0.862. The highest BCUT2D eigenvalue weighted by atomic mass is 28.4. The van der Waals surface area contributed by atoms with Crippen LogP contribution in [0.2, 0.25) is 12.1 Å². The first-order valence-corrected chi connectivity index (χ1v) is 6.70. The van der Waals surface area contributed by atoms with E-state index in [-0.39, 0.29) is 0 Å². The lowest BCUT2D eigenvalue weighted by atomic mass is 11.0. The summed E-state index contributed by atoms with van der Waals surface area (Å²) in [6.07, 6.45) is 0. The van der Waals surface area contributed by atoms with Gasteiger partial charge in [0.05, 0.1) is 0 Å². The maximum absolute atomic E-state index is 5.23. The van der Waals surface area contributed by atoms with Gasteiger partial charge in [0.15, 0.2) is 0 Å². The summed E-state index contributed by atoms with van der Waals surface area (Å²) in [6, 6.07) is 1.74. The van der Waals surface area contributed by atoms with Crippen molar-refractivity contribution in [1.29, 1.82) is 0 Å². The van der Waals surface area contributed by atoms with Crippen molar-refractivity contribution in [2.45, 2.75) is 12.1 Å². The Labute approximate surface area is 77.5 Å². The first-order chi connectivity index (χ1) is 5.74. The van der Waals surface area contributed by atoms with E-state index in [1.807, 2.05) is 0 Å². The molecule has 0 aromatic rings. The zero-order valence-electron chi connectivity index (χ0n) is 8.05. The van der Waals surface area contributed by atoms with Crippen molar-refractivity contribution >= 4 is 18.6 Å². The van der Waals surface area contributed by atoms with Gasteiger partial charge >= 0.3 is 8.80 Å². The van der Waals surface area contributed by atoms with Crippen LogP contribution in [0.25, 0.3) is 0 Å². The average Bonchev–Trinajstić information content (AvgIpc) is 2.14. The molecule has 0 amide bonds. The third-order valence-corrected chi connectivity index (χ3v) is 5.58. The van der Waals surface area contributed by atoms with Crippen molar-refractivity contribution in [3.8, 4) is 0 Å². The van der Waals surface area contributed by atoms with E-state index in [2.05, 4.69) is 0 Å². The van der Waals surface area contributed by atoms with Crippen molar-refractivity contribution < 1.29 is 17.7 Å². The van der Waals surface area contributed by atoms with Crippen molar-refractivity contribution in [1.82, 2.24) is 0 Å². The van der Waals surface area contributed by atoms with Crippen molar-refractivity contribution in [2.75, 3.05) is 28.4 Å². The van der Waals surface area contributed by atoms with Gasteiger partial charge in [0.1, 0.15) is 0 Å². The maximum Gasteiger partial charge on any atom is 0.499 e. The van der Waals surface area contributed by atoms with Gasteiger partial charge in [0, 0.05) is 34.5 Å². The normalized spacial score (nSPS) is 12.0. The Hall–Kier alpha value is 0.274. The molecule has 0 saturated heterocycles. The summed E-state index contributed by atoms with van der Waals surface area (Å²) >= 11 is 0. The van der Waals surface area contributed by atoms with Crippen molar-refractivity contribution in [2.24, 2.45) is 0 Å². The van der Waals surface area contributed by atoms with E-state index >= 15 is 0 Å². The van der Waals surface area contributed by atoms with Gasteiger partial charge in [-0.1, -0.05) is 0 Å². The van der Waals surface area contributed by atoms with Crippen LogP contribution >= 0.6 is 0 Å². The van der Waals surface area contributed by atoms with Gasteiger partial charge < -0.3 is 17.7 Å². The second kappa shape index (κ2) is 6.75. The second-order valence-electron chi connectivity index (χ2n) is 2.14. The first-order valence-electron chi connectivity index (χ1n) is 3.66. The van der Waals surface area contributed by atoms with Crippen LogP contribution < -0.4 is 0 Å². The molecule has 0 aliphatic carbocycles. The van der Waals surface area contributed by atoms with Gasteiger partial charge in [-0.05, 0) is 6.04 Å². The Balaban J connectivity index is 3.76. The molecule has 6 heteroatoms. The van der Waals surface area contributed by atoms with E-state index in [0.717, 1.165) is 12.1 Å². The monoisotopic (exact) mass is 208 g/mol.